The highest BCUT2D eigenvalue weighted by Crippen LogP contribution is 2.43. The molecular weight excluding hydrogens is 454 g/mol. The van der Waals surface area contributed by atoms with Gasteiger partial charge in [-0.2, -0.15) is 4.98 Å². The zero-order valence-corrected chi connectivity index (χ0v) is 19.4. The average Bonchev–Trinajstić information content (AvgIpc) is 3.30. The van der Waals surface area contributed by atoms with Crippen molar-refractivity contribution in [3.63, 3.8) is 0 Å². The van der Waals surface area contributed by atoms with Crippen molar-refractivity contribution < 1.29 is 23.9 Å². The second-order valence-corrected chi connectivity index (χ2v) is 8.16. The second-order valence-electron chi connectivity index (χ2n) is 8.16. The molecule has 1 aliphatic heterocycles. The first-order valence-electron chi connectivity index (χ1n) is 11.0. The van der Waals surface area contributed by atoms with Crippen LogP contribution < -0.4 is 19.5 Å². The maximum absolute atomic E-state index is 13.0. The van der Waals surface area contributed by atoms with Crippen molar-refractivity contribution in [1.82, 2.24) is 14.8 Å². The summed E-state index contributed by atoms with van der Waals surface area (Å²) in [4.78, 5) is 28.4. The van der Waals surface area contributed by atoms with Crippen LogP contribution in [0.5, 0.6) is 17.2 Å². The van der Waals surface area contributed by atoms with Crippen LogP contribution >= 0.6 is 0 Å². The van der Waals surface area contributed by atoms with E-state index < -0.39 is 11.0 Å². The molecule has 0 fully saturated rings. The minimum absolute atomic E-state index is 0.0243. The number of hydrogen-bond donors (Lipinski definition) is 1. The normalized spacial score (nSPS) is 16.8. The lowest BCUT2D eigenvalue weighted by molar-refractivity contribution is -0.384. The summed E-state index contributed by atoms with van der Waals surface area (Å²) in [6, 6.07) is 9.13. The number of fused-ring (bicyclic) bond motifs is 1. The van der Waals surface area contributed by atoms with E-state index in [1.54, 1.807) is 28.9 Å². The van der Waals surface area contributed by atoms with Crippen LogP contribution in [0.3, 0.4) is 0 Å². The third kappa shape index (κ3) is 3.74. The van der Waals surface area contributed by atoms with Crippen LogP contribution in [-0.4, -0.2) is 46.8 Å². The van der Waals surface area contributed by atoms with Crippen LogP contribution in [0, 0.1) is 10.1 Å². The molecule has 1 unspecified atom stereocenters. The van der Waals surface area contributed by atoms with Gasteiger partial charge in [0.05, 0.1) is 26.3 Å². The summed E-state index contributed by atoms with van der Waals surface area (Å²) in [5.74, 6) is 2.27. The van der Waals surface area contributed by atoms with Crippen molar-refractivity contribution in [2.24, 2.45) is 0 Å². The number of methoxy groups -OCH3 is 3. The molecule has 2 heterocycles. The van der Waals surface area contributed by atoms with E-state index in [-0.39, 0.29) is 11.5 Å². The fraction of sp³-hybridized carbons (Fsp3) is 0.292. The average molecular weight is 477 g/mol. The highest BCUT2D eigenvalue weighted by molar-refractivity contribution is 5.99. The number of anilines is 1. The van der Waals surface area contributed by atoms with E-state index in [0.717, 1.165) is 12.1 Å². The standard InChI is InChI=1S/C24H23N5O6/c1-33-18-11-14(12-19(34-2)22(18)35-3)23-26-24-25-16-5-4-6-17(30)20(16)21(28(24)27-23)13-7-9-15(10-8-13)29(31)32/h7-12,21H,4-6H2,1-3H3,(H,25,26,27). The number of benzene rings is 2. The van der Waals surface area contributed by atoms with E-state index in [2.05, 4.69) is 5.32 Å². The van der Waals surface area contributed by atoms with Gasteiger partial charge in [0, 0.05) is 35.4 Å². The van der Waals surface area contributed by atoms with Crippen LogP contribution in [0.15, 0.2) is 47.7 Å². The van der Waals surface area contributed by atoms with Gasteiger partial charge in [0.25, 0.3) is 5.69 Å². The summed E-state index contributed by atoms with van der Waals surface area (Å²) in [5.41, 5.74) is 2.74. The molecule has 5 rings (SSSR count). The number of nitrogens with zero attached hydrogens (tertiary/aromatic N) is 4. The van der Waals surface area contributed by atoms with Gasteiger partial charge in [-0.05, 0) is 42.7 Å². The first-order valence-corrected chi connectivity index (χ1v) is 11.0. The van der Waals surface area contributed by atoms with Crippen LogP contribution in [0.1, 0.15) is 30.9 Å². The number of hydrogen-bond acceptors (Lipinski definition) is 9. The minimum atomic E-state index is -0.557. The zero-order chi connectivity index (χ0) is 24.7. The van der Waals surface area contributed by atoms with Crippen LogP contribution in [0.4, 0.5) is 11.6 Å². The molecule has 1 N–H and O–H groups in total. The highest BCUT2D eigenvalue weighted by atomic mass is 16.6. The Labute approximate surface area is 200 Å². The molecule has 1 aromatic heterocycles. The van der Waals surface area contributed by atoms with Gasteiger partial charge in [-0.1, -0.05) is 0 Å². The largest absolute Gasteiger partial charge is 0.493 e. The van der Waals surface area contributed by atoms with Gasteiger partial charge in [0.15, 0.2) is 23.1 Å². The van der Waals surface area contributed by atoms with E-state index in [4.69, 9.17) is 24.3 Å². The highest BCUT2D eigenvalue weighted by Gasteiger charge is 2.37. The van der Waals surface area contributed by atoms with E-state index in [1.165, 1.54) is 33.5 Å². The number of carbonyl (C=O) groups excluding carboxylic acids is 1. The summed E-state index contributed by atoms with van der Waals surface area (Å²) in [6.07, 6.45) is 1.89. The first-order chi connectivity index (χ1) is 16.9. The molecule has 2 aliphatic rings. The Morgan fingerprint density at radius 1 is 1.06 bits per heavy atom. The molecule has 11 nitrogen and oxygen atoms in total. The molecule has 0 radical (unpaired) electrons. The van der Waals surface area contributed by atoms with Gasteiger partial charge >= 0.3 is 0 Å². The topological polar surface area (TPSA) is 131 Å². The number of rotatable bonds is 6. The van der Waals surface area contributed by atoms with Crippen molar-refractivity contribution in [3.8, 4) is 28.6 Å². The monoisotopic (exact) mass is 477 g/mol. The van der Waals surface area contributed by atoms with E-state index in [1.807, 2.05) is 0 Å². The lowest BCUT2D eigenvalue weighted by Crippen LogP contribution is -2.31. The molecule has 0 bridgehead atoms. The summed E-state index contributed by atoms with van der Waals surface area (Å²) in [6.45, 7) is 0. The Balaban J connectivity index is 1.65. The second kappa shape index (κ2) is 8.75. The molecule has 35 heavy (non-hydrogen) atoms. The third-order valence-electron chi connectivity index (χ3n) is 6.21. The molecular formula is C24H23N5O6. The van der Waals surface area contributed by atoms with E-state index in [9.17, 15) is 14.9 Å². The Bertz CT molecular complexity index is 1340. The summed E-state index contributed by atoms with van der Waals surface area (Å²) >= 11 is 0. The number of ketones is 1. The maximum atomic E-state index is 13.0. The molecule has 0 saturated heterocycles. The predicted octanol–water partition coefficient (Wildman–Crippen LogP) is 3.90. The van der Waals surface area contributed by atoms with Crippen LogP contribution in [-0.2, 0) is 4.79 Å². The van der Waals surface area contributed by atoms with Crippen molar-refractivity contribution in [2.45, 2.75) is 25.3 Å². The van der Waals surface area contributed by atoms with Crippen molar-refractivity contribution in [2.75, 3.05) is 26.6 Å². The van der Waals surface area contributed by atoms with Crippen molar-refractivity contribution in [3.05, 3.63) is 63.3 Å². The number of nitrogens with one attached hydrogen (secondary N) is 1. The Morgan fingerprint density at radius 3 is 2.34 bits per heavy atom. The first kappa shape index (κ1) is 22.4. The molecule has 3 aromatic rings. The molecule has 180 valence electrons. The number of carbonyl (C=O) groups is 1. The molecule has 0 saturated carbocycles. The lowest BCUT2D eigenvalue weighted by atomic mass is 9.85. The number of ether oxygens (including phenoxy) is 3. The zero-order valence-electron chi connectivity index (χ0n) is 19.4. The fourth-order valence-corrected chi connectivity index (χ4v) is 4.58. The van der Waals surface area contributed by atoms with Gasteiger partial charge in [-0.25, -0.2) is 4.68 Å². The van der Waals surface area contributed by atoms with E-state index in [0.29, 0.717) is 58.6 Å². The molecule has 2 aromatic carbocycles. The van der Waals surface area contributed by atoms with Crippen LogP contribution in [0.2, 0.25) is 0 Å². The van der Waals surface area contributed by atoms with Crippen molar-refractivity contribution >= 4 is 17.4 Å². The van der Waals surface area contributed by atoms with E-state index >= 15 is 0 Å². The lowest BCUT2D eigenvalue weighted by Gasteiger charge is -2.32. The fourth-order valence-electron chi connectivity index (χ4n) is 4.58. The molecule has 1 atom stereocenters. The van der Waals surface area contributed by atoms with Crippen molar-refractivity contribution in [1.29, 1.82) is 0 Å². The summed E-state index contributed by atoms with van der Waals surface area (Å²) in [5, 5.41) is 19.2. The number of non-ortho nitro benzene ring substituents is 1. The molecule has 0 spiro atoms. The minimum Gasteiger partial charge on any atom is -0.493 e. The quantitative estimate of drug-likeness (QED) is 0.415. The van der Waals surface area contributed by atoms with Gasteiger partial charge in [-0.15, -0.1) is 5.10 Å². The smallest absolute Gasteiger partial charge is 0.269 e. The van der Waals surface area contributed by atoms with Gasteiger partial charge in [-0.3, -0.25) is 14.9 Å². The number of nitro benzene ring substituents is 1. The maximum Gasteiger partial charge on any atom is 0.269 e. The predicted molar refractivity (Wildman–Crippen MR) is 126 cm³/mol. The number of nitro groups is 1. The summed E-state index contributed by atoms with van der Waals surface area (Å²) in [7, 11) is 4.59. The summed E-state index contributed by atoms with van der Waals surface area (Å²) < 4.78 is 18.0. The molecule has 11 heteroatoms. The van der Waals surface area contributed by atoms with Gasteiger partial charge < -0.3 is 19.5 Å². The third-order valence-corrected chi connectivity index (χ3v) is 6.21. The van der Waals surface area contributed by atoms with Crippen LogP contribution in [0.25, 0.3) is 11.4 Å². The van der Waals surface area contributed by atoms with Gasteiger partial charge in [0.1, 0.15) is 6.04 Å². The molecule has 0 amide bonds. The molecule has 1 aliphatic carbocycles. The Morgan fingerprint density at radius 2 is 1.74 bits per heavy atom. The SMILES string of the molecule is COc1cc(-c2nc3n(n2)C(c2ccc([N+](=O)[O-])cc2)C2=C(CCCC2=O)N3)cc(OC)c1OC. The Hall–Kier alpha value is -4.41. The number of aromatic nitrogens is 3. The Kier molecular flexibility index (Phi) is 5.59. The van der Waals surface area contributed by atoms with Gasteiger partial charge in [0.2, 0.25) is 11.7 Å². The number of Topliss-reactive ketones (excluding diaryl/α,β-unsaturated/α-hetero) is 1. The number of allylic oxidation sites excluding steroid dienone is 2.